The van der Waals surface area contributed by atoms with Gasteiger partial charge < -0.3 is 24.8 Å². The summed E-state index contributed by atoms with van der Waals surface area (Å²) < 4.78 is 13.6. The first kappa shape index (κ1) is 24.6. The van der Waals surface area contributed by atoms with E-state index in [2.05, 4.69) is 15.6 Å². The highest BCUT2D eigenvalue weighted by Crippen LogP contribution is 2.65. The molecule has 0 saturated carbocycles. The molecule has 2 bridgehead atoms. The van der Waals surface area contributed by atoms with Crippen LogP contribution in [-0.4, -0.2) is 79.8 Å². The Bertz CT molecular complexity index is 1180. The highest BCUT2D eigenvalue weighted by Gasteiger charge is 2.80. The van der Waals surface area contributed by atoms with Gasteiger partial charge in [-0.15, -0.1) is 5.10 Å². The summed E-state index contributed by atoms with van der Waals surface area (Å²) in [6, 6.07) is 6.53. The van der Waals surface area contributed by atoms with E-state index in [9.17, 15) is 19.5 Å². The number of rotatable bonds is 9. The first-order valence-electron chi connectivity index (χ1n) is 12.6. The number of aliphatic hydroxyl groups is 1. The van der Waals surface area contributed by atoms with Crippen LogP contribution in [0.25, 0.3) is 11.0 Å². The second-order valence-electron chi connectivity index (χ2n) is 10.2. The van der Waals surface area contributed by atoms with E-state index < -0.39 is 35.0 Å². The summed E-state index contributed by atoms with van der Waals surface area (Å²) in [4.78, 5) is 42.3. The number of ether oxygens (including phenoxy) is 2. The zero-order valence-electron chi connectivity index (χ0n) is 20.8. The van der Waals surface area contributed by atoms with Gasteiger partial charge in [-0.1, -0.05) is 24.3 Å². The van der Waals surface area contributed by atoms with E-state index in [1.807, 2.05) is 38.1 Å². The lowest BCUT2D eigenvalue weighted by Crippen LogP contribution is -2.55. The normalized spacial score (nSPS) is 32.8. The average molecular weight is 500 g/mol. The number of fused-ring (bicyclic) bond motifs is 2. The van der Waals surface area contributed by atoms with E-state index in [0.717, 1.165) is 5.52 Å². The predicted octanol–water partition coefficient (Wildman–Crippen LogP) is 0.851. The molecular weight excluding hydrogens is 466 g/mol. The van der Waals surface area contributed by atoms with Gasteiger partial charge in [0, 0.05) is 13.2 Å². The van der Waals surface area contributed by atoms with Gasteiger partial charge in [-0.2, -0.15) is 0 Å². The first-order chi connectivity index (χ1) is 17.3. The number of para-hydroxylation sites is 1. The summed E-state index contributed by atoms with van der Waals surface area (Å²) >= 11 is 0. The Hall–Kier alpha value is -3.05. The van der Waals surface area contributed by atoms with Crippen LogP contribution in [0, 0.1) is 17.8 Å². The molecule has 36 heavy (non-hydrogen) atoms. The van der Waals surface area contributed by atoms with Crippen LogP contribution in [0.15, 0.2) is 24.3 Å². The minimum atomic E-state index is -1.13. The SMILES string of the molecule is CCOC(=O)[C@@H]1[C@H]2C(=O)N(CCCCO)C(C(=O)NCn3nnc4ccccc43)C23CC(C)[C@@]1(C)O3. The van der Waals surface area contributed by atoms with Crippen LogP contribution in [-0.2, 0) is 30.5 Å². The van der Waals surface area contributed by atoms with Crippen molar-refractivity contribution in [1.29, 1.82) is 0 Å². The number of hydrogen-bond acceptors (Lipinski definition) is 8. The van der Waals surface area contributed by atoms with Crippen LogP contribution in [0.3, 0.4) is 0 Å². The highest BCUT2D eigenvalue weighted by atomic mass is 16.6. The molecule has 2 aromatic rings. The first-order valence-corrected chi connectivity index (χ1v) is 12.6. The molecule has 0 radical (unpaired) electrons. The number of likely N-dealkylation sites (tertiary alicyclic amines) is 1. The number of amides is 2. The number of nitrogens with one attached hydrogen (secondary N) is 1. The Morgan fingerprint density at radius 1 is 1.31 bits per heavy atom. The van der Waals surface area contributed by atoms with Crippen molar-refractivity contribution in [3.05, 3.63) is 24.3 Å². The molecule has 11 nitrogen and oxygen atoms in total. The quantitative estimate of drug-likeness (QED) is 0.383. The lowest BCUT2D eigenvalue weighted by molar-refractivity contribution is -0.161. The Balaban J connectivity index is 1.47. The summed E-state index contributed by atoms with van der Waals surface area (Å²) in [6.07, 6.45) is 1.51. The number of aliphatic hydroxyl groups excluding tert-OH is 1. The van der Waals surface area contributed by atoms with Gasteiger partial charge in [-0.25, -0.2) is 4.68 Å². The van der Waals surface area contributed by atoms with E-state index in [1.54, 1.807) is 16.5 Å². The zero-order valence-corrected chi connectivity index (χ0v) is 20.8. The molecule has 5 rings (SSSR count). The van der Waals surface area contributed by atoms with Gasteiger partial charge in [0.05, 0.1) is 23.6 Å². The van der Waals surface area contributed by atoms with Crippen LogP contribution in [0.2, 0.25) is 0 Å². The third-order valence-electron chi connectivity index (χ3n) is 8.23. The van der Waals surface area contributed by atoms with E-state index in [-0.39, 0.29) is 44.2 Å². The molecule has 1 aromatic heterocycles. The number of benzene rings is 1. The van der Waals surface area contributed by atoms with E-state index in [1.165, 1.54) is 0 Å². The van der Waals surface area contributed by atoms with Crippen molar-refractivity contribution < 1.29 is 29.0 Å². The Labute approximate surface area is 209 Å². The highest BCUT2D eigenvalue weighted by molar-refractivity contribution is 5.98. The summed E-state index contributed by atoms with van der Waals surface area (Å²) in [7, 11) is 0. The largest absolute Gasteiger partial charge is 0.466 e. The maximum absolute atomic E-state index is 13.8. The van der Waals surface area contributed by atoms with Crippen molar-refractivity contribution in [2.24, 2.45) is 17.8 Å². The Morgan fingerprint density at radius 3 is 2.83 bits per heavy atom. The minimum Gasteiger partial charge on any atom is -0.466 e. The fourth-order valence-electron chi connectivity index (χ4n) is 6.55. The summed E-state index contributed by atoms with van der Waals surface area (Å²) in [5.41, 5.74) is -0.539. The third-order valence-corrected chi connectivity index (χ3v) is 8.23. The van der Waals surface area contributed by atoms with Crippen LogP contribution in [0.1, 0.15) is 40.0 Å². The number of hydrogen-bond donors (Lipinski definition) is 2. The van der Waals surface area contributed by atoms with Crippen molar-refractivity contribution in [1.82, 2.24) is 25.2 Å². The molecule has 3 saturated heterocycles. The molecule has 1 spiro atoms. The summed E-state index contributed by atoms with van der Waals surface area (Å²) in [5.74, 6) is -2.73. The second kappa shape index (κ2) is 9.11. The summed E-state index contributed by atoms with van der Waals surface area (Å²) in [5, 5.41) is 20.5. The average Bonchev–Trinajstić information content (AvgIpc) is 3.52. The molecule has 3 aliphatic heterocycles. The number of esters is 1. The van der Waals surface area contributed by atoms with Crippen molar-refractivity contribution in [2.45, 2.75) is 63.9 Å². The van der Waals surface area contributed by atoms with Crippen molar-refractivity contribution in [3.63, 3.8) is 0 Å². The van der Waals surface area contributed by atoms with Gasteiger partial charge in [-0.3, -0.25) is 14.4 Å². The van der Waals surface area contributed by atoms with Gasteiger partial charge in [-0.05, 0) is 51.2 Å². The van der Waals surface area contributed by atoms with Crippen LogP contribution in [0.5, 0.6) is 0 Å². The fraction of sp³-hybridized carbons (Fsp3) is 0.640. The van der Waals surface area contributed by atoms with E-state index >= 15 is 0 Å². The molecule has 0 aliphatic carbocycles. The standard InChI is InChI=1S/C25H33N5O6/c1-4-35-23(34)19-18-22(33)29(11-7-8-12-31)20(25(18)13-15(2)24(19,3)36-25)21(32)26-14-30-17-10-6-5-9-16(17)27-28-30/h5-6,9-10,15,18-20,31H,4,7-8,11-14H2,1-3H3,(H,26,32)/t15?,18-,19-,20?,24+,25?/m0/s1. The van der Waals surface area contributed by atoms with Gasteiger partial charge in [0.2, 0.25) is 11.8 Å². The zero-order chi connectivity index (χ0) is 25.7. The molecule has 3 aliphatic rings. The number of carbonyl (C=O) groups is 3. The molecule has 6 atom stereocenters. The van der Waals surface area contributed by atoms with E-state index in [4.69, 9.17) is 9.47 Å². The van der Waals surface area contributed by atoms with Crippen LogP contribution in [0.4, 0.5) is 0 Å². The monoisotopic (exact) mass is 499 g/mol. The maximum Gasteiger partial charge on any atom is 0.312 e. The smallest absolute Gasteiger partial charge is 0.312 e. The molecule has 194 valence electrons. The Morgan fingerprint density at radius 2 is 2.08 bits per heavy atom. The molecule has 3 unspecified atom stereocenters. The van der Waals surface area contributed by atoms with Gasteiger partial charge in [0.1, 0.15) is 29.7 Å². The second-order valence-corrected chi connectivity index (χ2v) is 10.2. The van der Waals surface area contributed by atoms with Gasteiger partial charge in [0.15, 0.2) is 0 Å². The maximum atomic E-state index is 13.8. The third kappa shape index (κ3) is 3.51. The number of carbonyl (C=O) groups excluding carboxylic acids is 3. The lowest BCUT2D eigenvalue weighted by Gasteiger charge is -2.35. The predicted molar refractivity (Wildman–Crippen MR) is 127 cm³/mol. The fourth-order valence-corrected chi connectivity index (χ4v) is 6.55. The van der Waals surface area contributed by atoms with Crippen LogP contribution < -0.4 is 5.32 Å². The number of aromatic nitrogens is 3. The molecule has 1 aromatic carbocycles. The van der Waals surface area contributed by atoms with E-state index in [0.29, 0.717) is 24.8 Å². The molecular formula is C25H33N5O6. The molecule has 2 N–H and O–H groups in total. The summed E-state index contributed by atoms with van der Waals surface area (Å²) in [6.45, 7) is 6.12. The van der Waals surface area contributed by atoms with Crippen LogP contribution >= 0.6 is 0 Å². The van der Waals surface area contributed by atoms with Crippen molar-refractivity contribution in [2.75, 3.05) is 19.8 Å². The topological polar surface area (TPSA) is 136 Å². The minimum absolute atomic E-state index is 0.0100. The van der Waals surface area contributed by atoms with Crippen molar-refractivity contribution >= 4 is 28.8 Å². The molecule has 3 fully saturated rings. The molecule has 2 amide bonds. The molecule has 11 heteroatoms. The van der Waals surface area contributed by atoms with Gasteiger partial charge in [0.25, 0.3) is 0 Å². The lowest BCUT2D eigenvalue weighted by atomic mass is 9.62. The number of unbranched alkanes of at least 4 members (excludes halogenated alkanes) is 1. The Kier molecular flexibility index (Phi) is 6.24. The number of nitrogens with zero attached hydrogens (tertiary/aromatic N) is 4. The molecule has 4 heterocycles. The van der Waals surface area contributed by atoms with Gasteiger partial charge >= 0.3 is 5.97 Å². The van der Waals surface area contributed by atoms with Crippen molar-refractivity contribution in [3.8, 4) is 0 Å².